The van der Waals surface area contributed by atoms with Crippen LogP contribution in [-0.2, 0) is 0 Å². The third kappa shape index (κ3) is 4.02. The largest absolute Gasteiger partial charge is 0.434 e. The second-order valence-corrected chi connectivity index (χ2v) is 6.46. The first-order valence-corrected chi connectivity index (χ1v) is 8.34. The van der Waals surface area contributed by atoms with Gasteiger partial charge < -0.3 is 4.74 Å². The van der Waals surface area contributed by atoms with Gasteiger partial charge in [-0.3, -0.25) is 10.1 Å². The lowest BCUT2D eigenvalue weighted by Crippen LogP contribution is -2.14. The molecule has 134 valence electrons. The van der Waals surface area contributed by atoms with Crippen molar-refractivity contribution in [2.75, 3.05) is 5.32 Å². The maximum absolute atomic E-state index is 13.1. The lowest BCUT2D eigenvalue weighted by Gasteiger charge is -2.09. The number of anilines is 1. The number of rotatable bonds is 5. The molecule has 0 aliphatic carbocycles. The maximum atomic E-state index is 13.1. The smallest absolute Gasteiger partial charge is 0.387 e. The molecule has 1 N–H and O–H groups in total. The Balaban J connectivity index is 1.83. The minimum Gasteiger partial charge on any atom is -0.434 e. The number of nitrogens with zero attached hydrogens (tertiary/aromatic N) is 1. The summed E-state index contributed by atoms with van der Waals surface area (Å²) in [5.41, 5.74) is 1.30. The molecule has 0 radical (unpaired) electrons. The molecule has 2 aromatic carbocycles. The monoisotopic (exact) mass is 378 g/mol. The van der Waals surface area contributed by atoms with Crippen LogP contribution in [0.4, 0.5) is 18.3 Å². The summed E-state index contributed by atoms with van der Waals surface area (Å²) in [6, 6.07) is 11.5. The van der Waals surface area contributed by atoms with Gasteiger partial charge in [-0.25, -0.2) is 9.37 Å². The molecule has 1 aromatic heterocycles. The Hall–Kier alpha value is -2.87. The summed E-state index contributed by atoms with van der Waals surface area (Å²) >= 11 is 1.23. The van der Waals surface area contributed by atoms with Crippen LogP contribution >= 0.6 is 11.3 Å². The van der Waals surface area contributed by atoms with Crippen molar-refractivity contribution in [1.29, 1.82) is 0 Å². The van der Waals surface area contributed by atoms with E-state index in [4.69, 9.17) is 0 Å². The van der Waals surface area contributed by atoms with Gasteiger partial charge in [-0.2, -0.15) is 8.78 Å². The second-order valence-electron chi connectivity index (χ2n) is 5.26. The SMILES string of the molecule is Cc1sc(NC(=O)c2ccccc2OC(F)F)nc1-c1ccc(F)cc1. The molecule has 3 rings (SSSR count). The van der Waals surface area contributed by atoms with Gasteiger partial charge in [-0.15, -0.1) is 11.3 Å². The van der Waals surface area contributed by atoms with Gasteiger partial charge in [0.1, 0.15) is 11.6 Å². The second kappa shape index (κ2) is 7.57. The highest BCUT2D eigenvalue weighted by atomic mass is 32.1. The van der Waals surface area contributed by atoms with Crippen molar-refractivity contribution in [2.45, 2.75) is 13.5 Å². The summed E-state index contributed by atoms with van der Waals surface area (Å²) in [6.45, 7) is -1.21. The van der Waals surface area contributed by atoms with Crippen molar-refractivity contribution in [2.24, 2.45) is 0 Å². The molecular weight excluding hydrogens is 365 g/mol. The van der Waals surface area contributed by atoms with E-state index in [1.165, 1.54) is 41.7 Å². The fourth-order valence-corrected chi connectivity index (χ4v) is 3.17. The number of carbonyl (C=O) groups is 1. The van der Waals surface area contributed by atoms with Gasteiger partial charge in [0.25, 0.3) is 5.91 Å². The number of nitrogens with one attached hydrogen (secondary N) is 1. The molecule has 1 heterocycles. The van der Waals surface area contributed by atoms with E-state index in [0.717, 1.165) is 4.88 Å². The van der Waals surface area contributed by atoms with E-state index in [-0.39, 0.29) is 17.1 Å². The number of carbonyl (C=O) groups excluding carboxylic acids is 1. The first kappa shape index (κ1) is 17.9. The van der Waals surface area contributed by atoms with Crippen LogP contribution in [0.5, 0.6) is 5.75 Å². The summed E-state index contributed by atoms with van der Waals surface area (Å²) < 4.78 is 42.4. The Morgan fingerprint density at radius 1 is 1.15 bits per heavy atom. The number of alkyl halides is 2. The van der Waals surface area contributed by atoms with Crippen LogP contribution in [0.3, 0.4) is 0 Å². The molecule has 0 unspecified atom stereocenters. The molecule has 0 aliphatic rings. The molecule has 0 atom stereocenters. The summed E-state index contributed by atoms with van der Waals surface area (Å²) in [4.78, 5) is 17.6. The number of amides is 1. The van der Waals surface area contributed by atoms with E-state index >= 15 is 0 Å². The van der Waals surface area contributed by atoms with E-state index in [1.807, 2.05) is 6.92 Å². The summed E-state index contributed by atoms with van der Waals surface area (Å²) in [6.07, 6.45) is 0. The molecule has 0 fully saturated rings. The number of para-hydroxylation sites is 1. The van der Waals surface area contributed by atoms with E-state index in [9.17, 15) is 18.0 Å². The molecular formula is C18H13F3N2O2S. The first-order valence-electron chi connectivity index (χ1n) is 7.52. The maximum Gasteiger partial charge on any atom is 0.387 e. The first-order chi connectivity index (χ1) is 12.4. The average Bonchev–Trinajstić information content (AvgIpc) is 2.95. The van der Waals surface area contributed by atoms with Gasteiger partial charge in [0.15, 0.2) is 5.13 Å². The fraction of sp³-hybridized carbons (Fsp3) is 0.111. The lowest BCUT2D eigenvalue weighted by atomic mass is 10.1. The third-order valence-corrected chi connectivity index (χ3v) is 4.37. The molecule has 26 heavy (non-hydrogen) atoms. The predicted octanol–water partition coefficient (Wildman–Crippen LogP) is 5.11. The van der Waals surface area contributed by atoms with Crippen molar-refractivity contribution in [3.8, 4) is 17.0 Å². The number of aryl methyl sites for hydroxylation is 1. The van der Waals surface area contributed by atoms with E-state index in [1.54, 1.807) is 18.2 Å². The number of halogens is 3. The zero-order chi connectivity index (χ0) is 18.7. The Labute approximate surface area is 151 Å². The number of thiazole rings is 1. The van der Waals surface area contributed by atoms with E-state index < -0.39 is 12.5 Å². The lowest BCUT2D eigenvalue weighted by molar-refractivity contribution is -0.0501. The molecule has 0 aliphatic heterocycles. The van der Waals surface area contributed by atoms with Gasteiger partial charge in [0.2, 0.25) is 0 Å². The molecule has 1 amide bonds. The molecule has 0 saturated carbocycles. The van der Waals surface area contributed by atoms with Gasteiger partial charge >= 0.3 is 6.61 Å². The van der Waals surface area contributed by atoms with Crippen LogP contribution < -0.4 is 10.1 Å². The normalized spacial score (nSPS) is 10.8. The quantitative estimate of drug-likeness (QED) is 0.671. The van der Waals surface area contributed by atoms with Crippen LogP contribution in [-0.4, -0.2) is 17.5 Å². The van der Waals surface area contributed by atoms with Crippen LogP contribution in [0.1, 0.15) is 15.2 Å². The molecule has 3 aromatic rings. The Kier molecular flexibility index (Phi) is 5.22. The van der Waals surface area contributed by atoms with Crippen LogP contribution in [0.15, 0.2) is 48.5 Å². The van der Waals surface area contributed by atoms with Crippen LogP contribution in [0.25, 0.3) is 11.3 Å². The topological polar surface area (TPSA) is 51.2 Å². The highest BCUT2D eigenvalue weighted by Gasteiger charge is 2.18. The van der Waals surface area contributed by atoms with Crippen molar-refractivity contribution < 1.29 is 22.7 Å². The Morgan fingerprint density at radius 2 is 1.85 bits per heavy atom. The number of benzene rings is 2. The minimum atomic E-state index is -3.03. The van der Waals surface area contributed by atoms with Gasteiger partial charge in [0.05, 0.1) is 11.3 Å². The third-order valence-electron chi connectivity index (χ3n) is 3.48. The van der Waals surface area contributed by atoms with Crippen LogP contribution in [0, 0.1) is 12.7 Å². The number of hydrogen-bond acceptors (Lipinski definition) is 4. The predicted molar refractivity (Wildman–Crippen MR) is 93.3 cm³/mol. The highest BCUT2D eigenvalue weighted by molar-refractivity contribution is 7.16. The van der Waals surface area contributed by atoms with Crippen LogP contribution in [0.2, 0.25) is 0 Å². The van der Waals surface area contributed by atoms with Gasteiger partial charge in [0, 0.05) is 10.4 Å². The van der Waals surface area contributed by atoms with Crippen molar-refractivity contribution in [1.82, 2.24) is 4.98 Å². The Morgan fingerprint density at radius 3 is 2.54 bits per heavy atom. The molecule has 0 bridgehead atoms. The van der Waals surface area contributed by atoms with Crippen molar-refractivity contribution >= 4 is 22.4 Å². The molecule has 0 spiro atoms. The summed E-state index contributed by atoms with van der Waals surface area (Å²) in [5, 5.41) is 2.89. The van der Waals surface area contributed by atoms with Crippen molar-refractivity contribution in [3.05, 3.63) is 64.8 Å². The fourth-order valence-electron chi connectivity index (χ4n) is 2.34. The average molecular weight is 378 g/mol. The Bertz CT molecular complexity index is 926. The molecule has 0 saturated heterocycles. The number of hydrogen-bond donors (Lipinski definition) is 1. The van der Waals surface area contributed by atoms with Gasteiger partial charge in [-0.05, 0) is 43.3 Å². The highest BCUT2D eigenvalue weighted by Crippen LogP contribution is 2.31. The standard InChI is InChI=1S/C18H13F3N2O2S/c1-10-15(11-6-8-12(19)9-7-11)22-18(26-10)23-16(24)13-4-2-3-5-14(13)25-17(20)21/h2-9,17H,1H3,(H,22,23,24). The van der Waals surface area contributed by atoms with E-state index in [2.05, 4.69) is 15.0 Å². The minimum absolute atomic E-state index is 0.0241. The van der Waals surface area contributed by atoms with E-state index in [0.29, 0.717) is 16.4 Å². The number of aromatic nitrogens is 1. The zero-order valence-electron chi connectivity index (χ0n) is 13.5. The van der Waals surface area contributed by atoms with Gasteiger partial charge in [-0.1, -0.05) is 12.1 Å². The zero-order valence-corrected chi connectivity index (χ0v) is 14.3. The summed E-state index contributed by atoms with van der Waals surface area (Å²) in [7, 11) is 0. The molecule has 8 heteroatoms. The van der Waals surface area contributed by atoms with Crippen molar-refractivity contribution in [3.63, 3.8) is 0 Å². The molecule has 4 nitrogen and oxygen atoms in total. The number of ether oxygens (including phenoxy) is 1. The summed E-state index contributed by atoms with van der Waals surface area (Å²) in [5.74, 6) is -1.18.